The average molecular weight is 434 g/mol. The van der Waals surface area contributed by atoms with Crippen molar-refractivity contribution in [2.24, 2.45) is 0 Å². The van der Waals surface area contributed by atoms with E-state index in [1.807, 2.05) is 16.8 Å². The molecule has 1 aromatic carbocycles. The van der Waals surface area contributed by atoms with E-state index in [9.17, 15) is 19.0 Å². The molecular weight excluding hydrogens is 406 g/mol. The Balaban J connectivity index is 1.64. The van der Waals surface area contributed by atoms with Gasteiger partial charge in [-0.2, -0.15) is 15.7 Å². The van der Waals surface area contributed by atoms with Gasteiger partial charge in [-0.15, -0.1) is 0 Å². The maximum Gasteiger partial charge on any atom is 0.274 e. The van der Waals surface area contributed by atoms with E-state index in [1.165, 1.54) is 0 Å². The fourth-order valence-electron chi connectivity index (χ4n) is 4.77. The molecule has 3 aliphatic rings. The predicted octanol–water partition coefficient (Wildman–Crippen LogP) is 3.12. The van der Waals surface area contributed by atoms with Crippen LogP contribution in [0.3, 0.4) is 0 Å². The van der Waals surface area contributed by atoms with E-state index < -0.39 is 10.6 Å². The summed E-state index contributed by atoms with van der Waals surface area (Å²) >= 11 is 0. The predicted molar refractivity (Wildman–Crippen MR) is 113 cm³/mol. The first-order valence-electron chi connectivity index (χ1n) is 10.5. The third kappa shape index (κ3) is 3.34. The molecule has 2 fully saturated rings. The van der Waals surface area contributed by atoms with Crippen molar-refractivity contribution in [3.8, 4) is 11.3 Å². The highest BCUT2D eigenvalue weighted by Gasteiger charge is 2.38. The van der Waals surface area contributed by atoms with Crippen LogP contribution in [-0.2, 0) is 10.5 Å². The number of rotatable bonds is 2. The molecule has 162 valence electrons. The van der Waals surface area contributed by atoms with Crippen molar-refractivity contribution in [3.05, 3.63) is 35.5 Å². The Kier molecular flexibility index (Phi) is 5.11. The van der Waals surface area contributed by atoms with Gasteiger partial charge < -0.3 is 14.7 Å². The number of carbonyl (C=O) groups is 1. The van der Waals surface area contributed by atoms with Crippen molar-refractivity contribution < 1.29 is 23.7 Å². The summed E-state index contributed by atoms with van der Waals surface area (Å²) in [4.78, 5) is 15.6. The van der Waals surface area contributed by atoms with Gasteiger partial charge in [-0.25, -0.2) is 0 Å². The normalized spacial score (nSPS) is 26.6. The Hall–Kier alpha value is -1.91. The lowest BCUT2D eigenvalue weighted by molar-refractivity contribution is 0.0297. The molecule has 2 aliphatic heterocycles. The van der Waals surface area contributed by atoms with Crippen LogP contribution in [0.5, 0.6) is 0 Å². The minimum Gasteiger partial charge on any atom is -0.393 e. The number of carbonyl (C=O) groups excluding carboxylic acids is 1. The summed E-state index contributed by atoms with van der Waals surface area (Å²) in [5.41, 5.74) is 2.48. The number of aliphatic hydroxyl groups is 1. The van der Waals surface area contributed by atoms with E-state index in [0.717, 1.165) is 24.1 Å². The van der Waals surface area contributed by atoms with Crippen LogP contribution >= 0.6 is 10.6 Å². The Morgan fingerprint density at radius 2 is 1.80 bits per heavy atom. The van der Waals surface area contributed by atoms with Gasteiger partial charge >= 0.3 is 0 Å². The van der Waals surface area contributed by atoms with Gasteiger partial charge in [-0.1, -0.05) is 18.2 Å². The topological polar surface area (TPSA) is 108 Å². The molecule has 1 aliphatic carbocycles. The number of hydrogen-bond acceptors (Lipinski definition) is 6. The molecule has 0 spiro atoms. The van der Waals surface area contributed by atoms with Crippen molar-refractivity contribution in [3.63, 3.8) is 0 Å². The Bertz CT molecular complexity index is 962. The van der Waals surface area contributed by atoms with Crippen molar-refractivity contribution in [1.29, 1.82) is 0 Å². The molecule has 5 rings (SSSR count). The van der Waals surface area contributed by atoms with Crippen LogP contribution < -0.4 is 0 Å². The molecule has 0 radical (unpaired) electrons. The number of hydrogen-bond donors (Lipinski definition) is 3. The van der Waals surface area contributed by atoms with Crippen molar-refractivity contribution in [2.45, 2.75) is 48.5 Å². The number of aliphatic hydroxyl groups excluding tert-OH is 1. The Labute approximate surface area is 176 Å². The summed E-state index contributed by atoms with van der Waals surface area (Å²) in [5, 5.41) is 14.7. The van der Waals surface area contributed by atoms with Gasteiger partial charge in [-0.3, -0.25) is 18.6 Å². The summed E-state index contributed by atoms with van der Waals surface area (Å²) < 4.78 is 29.0. The zero-order chi connectivity index (χ0) is 20.9. The van der Waals surface area contributed by atoms with E-state index >= 15 is 0 Å². The summed E-state index contributed by atoms with van der Waals surface area (Å²) in [6, 6.07) is 7.37. The lowest BCUT2D eigenvalue weighted by Crippen LogP contribution is -2.41. The van der Waals surface area contributed by atoms with Crippen LogP contribution in [0.1, 0.15) is 47.8 Å². The smallest absolute Gasteiger partial charge is 0.274 e. The highest BCUT2D eigenvalue weighted by atomic mass is 32.3. The van der Waals surface area contributed by atoms with Gasteiger partial charge in [0.05, 0.1) is 41.7 Å². The lowest BCUT2D eigenvalue weighted by atomic mass is 9.92. The van der Waals surface area contributed by atoms with E-state index in [-0.39, 0.29) is 23.8 Å². The fourth-order valence-corrected chi connectivity index (χ4v) is 6.42. The first-order valence-corrected chi connectivity index (χ1v) is 12.2. The monoisotopic (exact) mass is 433 g/mol. The van der Waals surface area contributed by atoms with Gasteiger partial charge in [0.1, 0.15) is 0 Å². The summed E-state index contributed by atoms with van der Waals surface area (Å²) in [6.45, 7) is 1.99. The summed E-state index contributed by atoms with van der Waals surface area (Å²) in [5.74, 6) is -0.182. The van der Waals surface area contributed by atoms with Crippen LogP contribution in [-0.4, -0.2) is 67.2 Å². The molecule has 1 saturated heterocycles. The van der Waals surface area contributed by atoms with Crippen LogP contribution in [0.4, 0.5) is 0 Å². The molecule has 1 amide bonds. The minimum atomic E-state index is -3.06. The zero-order valence-corrected chi connectivity index (χ0v) is 17.6. The van der Waals surface area contributed by atoms with Gasteiger partial charge in [-0.05, 0) is 31.7 Å². The molecule has 1 aromatic heterocycles. The second kappa shape index (κ2) is 7.65. The number of aromatic nitrogens is 2. The molecule has 1 saturated carbocycles. The fraction of sp³-hybridized carbons (Fsp3) is 0.524. The molecule has 2 aromatic rings. The number of morpholine rings is 1. The number of nitrogens with zero attached hydrogens (tertiary/aromatic N) is 3. The molecule has 3 heterocycles. The summed E-state index contributed by atoms with van der Waals surface area (Å²) in [7, 11) is -3.06. The van der Waals surface area contributed by atoms with Crippen molar-refractivity contribution in [2.75, 3.05) is 26.3 Å². The molecular formula is C21H27N3O5S. The van der Waals surface area contributed by atoms with E-state index in [1.54, 1.807) is 17.0 Å². The number of amides is 1. The number of benzene rings is 1. The Morgan fingerprint density at radius 1 is 1.10 bits per heavy atom. The van der Waals surface area contributed by atoms with Crippen LogP contribution in [0, 0.1) is 0 Å². The second-order valence-electron chi connectivity index (χ2n) is 8.29. The van der Waals surface area contributed by atoms with Crippen LogP contribution in [0.15, 0.2) is 29.2 Å². The standard InChI is InChI=1S/C21H27N3O5S/c25-15-7-5-14(6-8-15)24-20-16-3-1-2-4-18(16)30(27,28)13-17(20)19(22-24)21(26)23-9-11-29-12-10-23/h1-4,14-15,25,27-28H,5-13H2. The minimum absolute atomic E-state index is 0.000104. The molecule has 0 bridgehead atoms. The van der Waals surface area contributed by atoms with Crippen LogP contribution in [0.2, 0.25) is 0 Å². The van der Waals surface area contributed by atoms with Crippen LogP contribution in [0.25, 0.3) is 11.3 Å². The third-order valence-corrected chi connectivity index (χ3v) is 8.11. The average Bonchev–Trinajstić information content (AvgIpc) is 3.13. The molecule has 30 heavy (non-hydrogen) atoms. The molecule has 0 unspecified atom stereocenters. The highest BCUT2D eigenvalue weighted by molar-refractivity contribution is 8.23. The highest BCUT2D eigenvalue weighted by Crippen LogP contribution is 2.60. The SMILES string of the molecule is O=C(c1nn(C2CCC(O)CC2)c2c1CS(O)(O)c1ccccc1-2)N1CCOCC1. The first kappa shape index (κ1) is 20.0. The van der Waals surface area contributed by atoms with Gasteiger partial charge in [0.25, 0.3) is 5.91 Å². The maximum absolute atomic E-state index is 13.3. The van der Waals surface area contributed by atoms with E-state index in [4.69, 9.17) is 9.84 Å². The van der Waals surface area contributed by atoms with Crippen molar-refractivity contribution in [1.82, 2.24) is 14.7 Å². The molecule has 8 nitrogen and oxygen atoms in total. The molecule has 0 atom stereocenters. The largest absolute Gasteiger partial charge is 0.393 e. The van der Waals surface area contributed by atoms with E-state index in [0.29, 0.717) is 55.3 Å². The number of fused-ring (bicyclic) bond motifs is 3. The molecule has 3 N–H and O–H groups in total. The quantitative estimate of drug-likeness (QED) is 0.672. The third-order valence-electron chi connectivity index (χ3n) is 6.36. The molecule has 9 heteroatoms. The van der Waals surface area contributed by atoms with Gasteiger partial charge in [0.2, 0.25) is 0 Å². The van der Waals surface area contributed by atoms with Gasteiger partial charge in [0, 0.05) is 24.2 Å². The lowest BCUT2D eigenvalue weighted by Gasteiger charge is -2.38. The van der Waals surface area contributed by atoms with E-state index in [2.05, 4.69) is 0 Å². The second-order valence-corrected chi connectivity index (χ2v) is 10.4. The zero-order valence-electron chi connectivity index (χ0n) is 16.7. The van der Waals surface area contributed by atoms with Crippen molar-refractivity contribution >= 4 is 16.5 Å². The first-order chi connectivity index (χ1) is 14.5. The Morgan fingerprint density at radius 3 is 2.53 bits per heavy atom. The summed E-state index contributed by atoms with van der Waals surface area (Å²) in [6.07, 6.45) is 2.66. The van der Waals surface area contributed by atoms with Gasteiger partial charge in [0.15, 0.2) is 5.69 Å². The maximum atomic E-state index is 13.3. The number of ether oxygens (including phenoxy) is 1.